The predicted octanol–water partition coefficient (Wildman–Crippen LogP) is 2.42. The van der Waals surface area contributed by atoms with E-state index >= 15 is 0 Å². The minimum atomic E-state index is -0.444. The molecule has 0 amide bonds. The zero-order chi connectivity index (χ0) is 14.0. The summed E-state index contributed by atoms with van der Waals surface area (Å²) in [7, 11) is 0. The van der Waals surface area contributed by atoms with E-state index in [1.807, 2.05) is 13.0 Å². The van der Waals surface area contributed by atoms with Crippen molar-refractivity contribution in [2.24, 2.45) is 11.7 Å². The van der Waals surface area contributed by atoms with E-state index in [4.69, 9.17) is 17.3 Å². The molecule has 2 N–H and O–H groups in total. The first-order valence-electron chi connectivity index (χ1n) is 6.38. The van der Waals surface area contributed by atoms with Gasteiger partial charge in [-0.15, -0.1) is 0 Å². The van der Waals surface area contributed by atoms with Crippen LogP contribution in [0.4, 0.5) is 5.69 Å². The highest BCUT2D eigenvalue weighted by atomic mass is 35.5. The summed E-state index contributed by atoms with van der Waals surface area (Å²) in [5, 5.41) is 11.0. The molecule has 1 saturated heterocycles. The van der Waals surface area contributed by atoms with Crippen LogP contribution in [0, 0.1) is 16.0 Å². The second kappa shape index (κ2) is 5.86. The number of hydrogen-bond acceptors (Lipinski definition) is 4. The molecule has 0 aromatic heterocycles. The van der Waals surface area contributed by atoms with Gasteiger partial charge in [0.05, 0.1) is 4.92 Å². The third-order valence-electron chi connectivity index (χ3n) is 3.67. The lowest BCUT2D eigenvalue weighted by Gasteiger charge is -2.17. The molecular weight excluding hydrogens is 266 g/mol. The molecule has 1 aromatic carbocycles. The molecule has 1 aliphatic rings. The number of nitro groups is 1. The Bertz CT molecular complexity index is 479. The standard InChI is InChI=1S/C13H18ClN3O2/c1-9(15)11-4-5-16(8-11)7-10-2-3-12(14)13(6-10)17(18)19/h2-3,6,9,11H,4-5,7-8,15H2,1H3. The summed E-state index contributed by atoms with van der Waals surface area (Å²) in [6.45, 7) is 4.68. The van der Waals surface area contributed by atoms with E-state index in [-0.39, 0.29) is 16.8 Å². The molecule has 0 aliphatic carbocycles. The summed E-state index contributed by atoms with van der Waals surface area (Å²) in [5.74, 6) is 0.516. The van der Waals surface area contributed by atoms with Crippen LogP contribution in [-0.2, 0) is 6.54 Å². The maximum Gasteiger partial charge on any atom is 0.288 e. The van der Waals surface area contributed by atoms with Crippen LogP contribution in [0.15, 0.2) is 18.2 Å². The highest BCUT2D eigenvalue weighted by Gasteiger charge is 2.25. The van der Waals surface area contributed by atoms with Gasteiger partial charge in [0, 0.05) is 25.2 Å². The molecular formula is C13H18ClN3O2. The molecule has 0 radical (unpaired) electrons. The van der Waals surface area contributed by atoms with Crippen molar-refractivity contribution in [2.45, 2.75) is 25.9 Å². The predicted molar refractivity (Wildman–Crippen MR) is 75.1 cm³/mol. The Kier molecular flexibility index (Phi) is 4.39. The number of nitrogens with two attached hydrogens (primary N) is 1. The Hall–Kier alpha value is -1.17. The molecule has 1 heterocycles. The van der Waals surface area contributed by atoms with Crippen LogP contribution in [0.1, 0.15) is 18.9 Å². The second-order valence-corrected chi connectivity index (χ2v) is 5.59. The number of nitro benzene ring substituents is 1. The van der Waals surface area contributed by atoms with Gasteiger partial charge >= 0.3 is 0 Å². The summed E-state index contributed by atoms with van der Waals surface area (Å²) < 4.78 is 0. The zero-order valence-corrected chi connectivity index (χ0v) is 11.6. The topological polar surface area (TPSA) is 72.4 Å². The SMILES string of the molecule is CC(N)C1CCN(Cc2ccc(Cl)c([N+](=O)[O-])c2)C1. The normalized spacial score (nSPS) is 21.5. The Morgan fingerprint density at radius 3 is 2.95 bits per heavy atom. The Labute approximate surface area is 117 Å². The maximum absolute atomic E-state index is 10.8. The fraction of sp³-hybridized carbons (Fsp3) is 0.538. The van der Waals surface area contributed by atoms with Gasteiger partial charge in [-0.05, 0) is 37.4 Å². The van der Waals surface area contributed by atoms with Gasteiger partial charge in [-0.1, -0.05) is 17.7 Å². The number of halogens is 1. The molecule has 19 heavy (non-hydrogen) atoms. The van der Waals surface area contributed by atoms with Crippen molar-refractivity contribution in [3.05, 3.63) is 38.9 Å². The van der Waals surface area contributed by atoms with E-state index in [0.717, 1.165) is 25.1 Å². The number of nitrogens with zero attached hydrogens (tertiary/aromatic N) is 2. The minimum Gasteiger partial charge on any atom is -0.328 e. The maximum atomic E-state index is 10.8. The quantitative estimate of drug-likeness (QED) is 0.680. The number of rotatable bonds is 4. The first kappa shape index (κ1) is 14.2. The summed E-state index contributed by atoms with van der Waals surface area (Å²) in [6.07, 6.45) is 1.09. The van der Waals surface area contributed by atoms with E-state index < -0.39 is 4.92 Å². The zero-order valence-electron chi connectivity index (χ0n) is 10.9. The van der Waals surface area contributed by atoms with Crippen LogP contribution in [-0.4, -0.2) is 29.0 Å². The number of benzene rings is 1. The monoisotopic (exact) mass is 283 g/mol. The third kappa shape index (κ3) is 3.43. The first-order valence-corrected chi connectivity index (χ1v) is 6.76. The van der Waals surface area contributed by atoms with E-state index in [0.29, 0.717) is 12.5 Å². The minimum absolute atomic E-state index is 0.0258. The van der Waals surface area contributed by atoms with Crippen LogP contribution >= 0.6 is 11.6 Å². The van der Waals surface area contributed by atoms with Gasteiger partial charge in [0.1, 0.15) is 5.02 Å². The number of likely N-dealkylation sites (tertiary alicyclic amines) is 1. The van der Waals surface area contributed by atoms with Crippen molar-refractivity contribution in [2.75, 3.05) is 13.1 Å². The van der Waals surface area contributed by atoms with Gasteiger partial charge < -0.3 is 5.73 Å². The van der Waals surface area contributed by atoms with Crippen LogP contribution in [0.5, 0.6) is 0 Å². The smallest absolute Gasteiger partial charge is 0.288 e. The van der Waals surface area contributed by atoms with Crippen molar-refractivity contribution in [3.8, 4) is 0 Å². The van der Waals surface area contributed by atoms with E-state index in [2.05, 4.69) is 4.90 Å². The van der Waals surface area contributed by atoms with Gasteiger partial charge in [-0.3, -0.25) is 15.0 Å². The molecule has 0 spiro atoms. The van der Waals surface area contributed by atoms with Crippen molar-refractivity contribution in [1.82, 2.24) is 4.90 Å². The molecule has 1 fully saturated rings. The summed E-state index contributed by atoms with van der Waals surface area (Å²) in [5.41, 5.74) is 6.80. The van der Waals surface area contributed by atoms with Crippen LogP contribution in [0.2, 0.25) is 5.02 Å². The lowest BCUT2D eigenvalue weighted by atomic mass is 10.0. The van der Waals surface area contributed by atoms with Crippen molar-refractivity contribution >= 4 is 17.3 Å². The third-order valence-corrected chi connectivity index (χ3v) is 3.99. The van der Waals surface area contributed by atoms with Crippen LogP contribution in [0.3, 0.4) is 0 Å². The van der Waals surface area contributed by atoms with Crippen LogP contribution < -0.4 is 5.73 Å². The molecule has 1 aliphatic heterocycles. The highest BCUT2D eigenvalue weighted by Crippen LogP contribution is 2.27. The largest absolute Gasteiger partial charge is 0.328 e. The molecule has 5 nitrogen and oxygen atoms in total. The summed E-state index contributed by atoms with van der Waals surface area (Å²) in [4.78, 5) is 12.7. The van der Waals surface area contributed by atoms with Crippen molar-refractivity contribution in [1.29, 1.82) is 0 Å². The fourth-order valence-corrected chi connectivity index (χ4v) is 2.68. The molecule has 1 aromatic rings. The molecule has 6 heteroatoms. The summed E-state index contributed by atoms with van der Waals surface area (Å²) in [6, 6.07) is 5.19. The van der Waals surface area contributed by atoms with Gasteiger partial charge in [-0.25, -0.2) is 0 Å². The average Bonchev–Trinajstić information content (AvgIpc) is 2.80. The molecule has 0 bridgehead atoms. The van der Waals surface area contributed by atoms with Gasteiger partial charge in [0.2, 0.25) is 0 Å². The Balaban J connectivity index is 2.04. The van der Waals surface area contributed by atoms with Gasteiger partial charge in [-0.2, -0.15) is 0 Å². The summed E-state index contributed by atoms with van der Waals surface area (Å²) >= 11 is 5.80. The van der Waals surface area contributed by atoms with E-state index in [1.165, 1.54) is 0 Å². The molecule has 0 saturated carbocycles. The Morgan fingerprint density at radius 2 is 2.37 bits per heavy atom. The van der Waals surface area contributed by atoms with E-state index in [9.17, 15) is 10.1 Å². The molecule has 2 rings (SSSR count). The fourth-order valence-electron chi connectivity index (χ4n) is 2.49. The molecule has 2 atom stereocenters. The van der Waals surface area contributed by atoms with Crippen molar-refractivity contribution < 1.29 is 4.92 Å². The highest BCUT2D eigenvalue weighted by molar-refractivity contribution is 6.32. The molecule has 2 unspecified atom stereocenters. The average molecular weight is 284 g/mol. The molecule has 104 valence electrons. The second-order valence-electron chi connectivity index (χ2n) is 5.19. The van der Waals surface area contributed by atoms with Crippen LogP contribution in [0.25, 0.3) is 0 Å². The van der Waals surface area contributed by atoms with Gasteiger partial charge in [0.25, 0.3) is 5.69 Å². The van der Waals surface area contributed by atoms with Gasteiger partial charge in [0.15, 0.2) is 0 Å². The van der Waals surface area contributed by atoms with E-state index in [1.54, 1.807) is 12.1 Å². The van der Waals surface area contributed by atoms with Crippen molar-refractivity contribution in [3.63, 3.8) is 0 Å². The lowest BCUT2D eigenvalue weighted by Crippen LogP contribution is -2.29. The lowest BCUT2D eigenvalue weighted by molar-refractivity contribution is -0.384. The first-order chi connectivity index (χ1) is 8.97. The number of hydrogen-bond donors (Lipinski definition) is 1. The Morgan fingerprint density at radius 1 is 1.63 bits per heavy atom.